The second-order valence-electron chi connectivity index (χ2n) is 5.75. The van der Waals surface area contributed by atoms with E-state index in [1.165, 1.54) is 23.1 Å². The number of sulfone groups is 1. The zero-order chi connectivity index (χ0) is 17.9. The summed E-state index contributed by atoms with van der Waals surface area (Å²) in [5, 5.41) is 2.55. The number of thioether (sulfide) groups is 1. The highest BCUT2D eigenvalue weighted by Gasteiger charge is 2.28. The third-order valence-corrected chi connectivity index (χ3v) is 8.24. The van der Waals surface area contributed by atoms with Crippen molar-refractivity contribution in [3.8, 4) is 0 Å². The summed E-state index contributed by atoms with van der Waals surface area (Å²) in [7, 11) is -2.92. The van der Waals surface area contributed by atoms with Gasteiger partial charge in [0.25, 0.3) is 5.91 Å². The lowest BCUT2D eigenvalue weighted by Gasteiger charge is -2.06. The molecule has 1 aliphatic heterocycles. The molecule has 0 spiro atoms. The van der Waals surface area contributed by atoms with Gasteiger partial charge in [-0.3, -0.25) is 4.79 Å². The van der Waals surface area contributed by atoms with Crippen molar-refractivity contribution in [2.24, 2.45) is 4.99 Å². The molecular formula is C16H17ClN2O3S3. The summed E-state index contributed by atoms with van der Waals surface area (Å²) >= 11 is 8.95. The molecule has 1 unspecified atom stereocenters. The zero-order valence-corrected chi connectivity index (χ0v) is 16.5. The minimum Gasteiger partial charge on any atom is -0.319 e. The van der Waals surface area contributed by atoms with Crippen LogP contribution in [-0.2, 0) is 21.2 Å². The standard InChI is InChI=1S/C16H17ClN2O3S3/c17-14-4-2-1-3-12(14)9-19-6-7-23-16(19)18-15(20)10-24-13-5-8-25(21,22)11-13/h1-4,6-7,13H,5,8-11H2. The third kappa shape index (κ3) is 5.20. The lowest BCUT2D eigenvalue weighted by atomic mass is 10.2. The van der Waals surface area contributed by atoms with Crippen LogP contribution >= 0.6 is 34.7 Å². The predicted molar refractivity (Wildman–Crippen MR) is 103 cm³/mol. The smallest absolute Gasteiger partial charge is 0.258 e. The van der Waals surface area contributed by atoms with E-state index >= 15 is 0 Å². The van der Waals surface area contributed by atoms with Gasteiger partial charge in [0.1, 0.15) is 0 Å². The molecular weight excluding hydrogens is 400 g/mol. The fourth-order valence-corrected chi connectivity index (χ4v) is 6.90. The number of hydrogen-bond donors (Lipinski definition) is 0. The van der Waals surface area contributed by atoms with Crippen LogP contribution in [0.1, 0.15) is 12.0 Å². The van der Waals surface area contributed by atoms with Crippen LogP contribution in [0.2, 0.25) is 5.02 Å². The van der Waals surface area contributed by atoms with E-state index in [0.29, 0.717) is 22.8 Å². The van der Waals surface area contributed by atoms with E-state index in [-0.39, 0.29) is 28.4 Å². The maximum atomic E-state index is 12.1. The fourth-order valence-electron chi connectivity index (χ4n) is 2.54. The molecule has 0 saturated carbocycles. The Morgan fingerprint density at radius 2 is 2.20 bits per heavy atom. The molecule has 1 aliphatic rings. The summed E-state index contributed by atoms with van der Waals surface area (Å²) in [6, 6.07) is 7.56. The van der Waals surface area contributed by atoms with Gasteiger partial charge in [-0.15, -0.1) is 23.1 Å². The molecule has 0 N–H and O–H groups in total. The van der Waals surface area contributed by atoms with Crippen LogP contribution in [0.5, 0.6) is 0 Å². The van der Waals surface area contributed by atoms with Gasteiger partial charge in [-0.05, 0) is 18.1 Å². The Labute approximate surface area is 159 Å². The molecule has 0 bridgehead atoms. The van der Waals surface area contributed by atoms with Gasteiger partial charge in [0.2, 0.25) is 0 Å². The highest BCUT2D eigenvalue weighted by Crippen LogP contribution is 2.24. The van der Waals surface area contributed by atoms with Crippen LogP contribution in [0.15, 0.2) is 40.8 Å². The Morgan fingerprint density at radius 1 is 1.40 bits per heavy atom. The molecule has 0 aliphatic carbocycles. The van der Waals surface area contributed by atoms with Crippen LogP contribution < -0.4 is 4.80 Å². The quantitative estimate of drug-likeness (QED) is 0.751. The molecule has 3 rings (SSSR count). The summed E-state index contributed by atoms with van der Waals surface area (Å²) in [6.45, 7) is 0.545. The first kappa shape index (κ1) is 18.7. The number of thiazole rings is 1. The molecule has 0 radical (unpaired) electrons. The number of rotatable bonds is 5. The monoisotopic (exact) mass is 416 g/mol. The first-order valence-corrected chi connectivity index (χ1v) is 11.8. The third-order valence-electron chi connectivity index (χ3n) is 3.81. The number of amides is 1. The summed E-state index contributed by atoms with van der Waals surface area (Å²) in [6.07, 6.45) is 2.49. The Bertz CT molecular complexity index is 934. The molecule has 1 aromatic carbocycles. The zero-order valence-electron chi connectivity index (χ0n) is 13.3. The first-order chi connectivity index (χ1) is 11.9. The van der Waals surface area contributed by atoms with Crippen LogP contribution in [0.25, 0.3) is 0 Å². The number of halogens is 1. The van der Waals surface area contributed by atoms with Gasteiger partial charge in [0, 0.05) is 21.8 Å². The van der Waals surface area contributed by atoms with E-state index in [1.54, 1.807) is 0 Å². The van der Waals surface area contributed by atoms with Crippen molar-refractivity contribution in [3.05, 3.63) is 51.2 Å². The SMILES string of the molecule is O=C(CSC1CCS(=O)(=O)C1)N=c1sccn1Cc1ccccc1Cl. The van der Waals surface area contributed by atoms with Gasteiger partial charge in [0.05, 0.1) is 23.8 Å². The lowest BCUT2D eigenvalue weighted by molar-refractivity contribution is -0.115. The van der Waals surface area contributed by atoms with Gasteiger partial charge in [-0.1, -0.05) is 29.8 Å². The second-order valence-corrected chi connectivity index (χ2v) is 10.5. The van der Waals surface area contributed by atoms with E-state index in [9.17, 15) is 13.2 Å². The molecule has 1 aromatic heterocycles. The van der Waals surface area contributed by atoms with Crippen LogP contribution in [0, 0.1) is 0 Å². The Morgan fingerprint density at radius 3 is 2.92 bits per heavy atom. The Balaban J connectivity index is 1.65. The molecule has 1 amide bonds. The molecule has 25 heavy (non-hydrogen) atoms. The Hall–Kier alpha value is -1.09. The van der Waals surface area contributed by atoms with E-state index in [1.807, 2.05) is 40.4 Å². The number of aromatic nitrogens is 1. The molecule has 1 atom stereocenters. The van der Waals surface area contributed by atoms with Crippen molar-refractivity contribution >= 4 is 50.4 Å². The van der Waals surface area contributed by atoms with Crippen LogP contribution in [0.4, 0.5) is 0 Å². The van der Waals surface area contributed by atoms with Crippen LogP contribution in [0.3, 0.4) is 0 Å². The Kier molecular flexibility index (Phi) is 6.04. The minimum atomic E-state index is -2.92. The number of benzene rings is 1. The van der Waals surface area contributed by atoms with E-state index in [4.69, 9.17) is 11.6 Å². The van der Waals surface area contributed by atoms with E-state index in [0.717, 1.165) is 5.56 Å². The number of nitrogens with zero attached hydrogens (tertiary/aromatic N) is 2. The van der Waals surface area contributed by atoms with Crippen molar-refractivity contribution < 1.29 is 13.2 Å². The first-order valence-electron chi connectivity index (χ1n) is 7.70. The van der Waals surface area contributed by atoms with Crippen molar-refractivity contribution in [1.29, 1.82) is 0 Å². The van der Waals surface area contributed by atoms with Crippen LogP contribution in [-0.4, -0.2) is 41.4 Å². The number of hydrogen-bond acceptors (Lipinski definition) is 5. The second kappa shape index (κ2) is 8.07. The fraction of sp³-hybridized carbons (Fsp3) is 0.375. The molecule has 1 saturated heterocycles. The van der Waals surface area contributed by atoms with Gasteiger partial charge < -0.3 is 4.57 Å². The topological polar surface area (TPSA) is 68.5 Å². The normalized spacial score (nSPS) is 20.0. The average Bonchev–Trinajstić information content (AvgIpc) is 3.14. The van der Waals surface area contributed by atoms with E-state index in [2.05, 4.69) is 4.99 Å². The molecule has 134 valence electrons. The summed E-state index contributed by atoms with van der Waals surface area (Å²) in [4.78, 5) is 16.9. The van der Waals surface area contributed by atoms with Crippen molar-refractivity contribution in [2.45, 2.75) is 18.2 Å². The summed E-state index contributed by atoms with van der Waals surface area (Å²) < 4.78 is 24.8. The molecule has 2 heterocycles. The van der Waals surface area contributed by atoms with Crippen molar-refractivity contribution in [3.63, 3.8) is 0 Å². The lowest BCUT2D eigenvalue weighted by Crippen LogP contribution is -2.18. The maximum absolute atomic E-state index is 12.1. The number of carbonyl (C=O) groups is 1. The average molecular weight is 417 g/mol. The van der Waals surface area contributed by atoms with Gasteiger partial charge in [0.15, 0.2) is 14.6 Å². The minimum absolute atomic E-state index is 0.00253. The molecule has 2 aromatic rings. The van der Waals surface area contributed by atoms with E-state index < -0.39 is 9.84 Å². The predicted octanol–water partition coefficient (Wildman–Crippen LogP) is 2.60. The number of carbonyl (C=O) groups excluding carboxylic acids is 1. The highest BCUT2D eigenvalue weighted by molar-refractivity contribution is 8.02. The van der Waals surface area contributed by atoms with Gasteiger partial charge in [-0.2, -0.15) is 4.99 Å². The molecule has 1 fully saturated rings. The van der Waals surface area contributed by atoms with Crippen molar-refractivity contribution in [2.75, 3.05) is 17.3 Å². The summed E-state index contributed by atoms with van der Waals surface area (Å²) in [5.41, 5.74) is 0.960. The van der Waals surface area contributed by atoms with Gasteiger partial charge in [-0.25, -0.2) is 8.42 Å². The van der Waals surface area contributed by atoms with Gasteiger partial charge >= 0.3 is 0 Å². The molecule has 5 nitrogen and oxygen atoms in total. The molecule has 9 heteroatoms. The van der Waals surface area contributed by atoms with Crippen molar-refractivity contribution in [1.82, 2.24) is 4.57 Å². The highest BCUT2D eigenvalue weighted by atomic mass is 35.5. The maximum Gasteiger partial charge on any atom is 0.258 e. The largest absolute Gasteiger partial charge is 0.319 e. The summed E-state index contributed by atoms with van der Waals surface area (Å²) in [5.74, 6) is 0.337.